The van der Waals surface area contributed by atoms with Crippen molar-refractivity contribution >= 4 is 9.84 Å². The molecular weight excluding hydrogens is 214 g/mol. The van der Waals surface area contributed by atoms with Gasteiger partial charge in [-0.15, -0.1) is 0 Å². The summed E-state index contributed by atoms with van der Waals surface area (Å²) in [5.74, 6) is 0.448. The molecule has 1 saturated heterocycles. The Morgan fingerprint density at radius 2 is 2.13 bits per heavy atom. The average molecular weight is 235 g/mol. The number of hydrogen-bond acceptors (Lipinski definition) is 4. The van der Waals surface area contributed by atoms with E-state index in [1.165, 1.54) is 0 Å². The van der Waals surface area contributed by atoms with E-state index in [1.54, 1.807) is 0 Å². The van der Waals surface area contributed by atoms with Gasteiger partial charge < -0.3 is 10.5 Å². The van der Waals surface area contributed by atoms with Gasteiger partial charge in [0.15, 0.2) is 0 Å². The summed E-state index contributed by atoms with van der Waals surface area (Å²) in [6.45, 7) is 4.43. The van der Waals surface area contributed by atoms with Crippen LogP contribution in [0.15, 0.2) is 0 Å². The molecule has 2 unspecified atom stereocenters. The molecule has 2 atom stereocenters. The van der Waals surface area contributed by atoms with E-state index in [-0.39, 0.29) is 17.6 Å². The Balaban J connectivity index is 2.49. The molecule has 0 aromatic heterocycles. The third-order valence-corrected chi connectivity index (χ3v) is 5.00. The monoisotopic (exact) mass is 235 g/mol. The third-order valence-electron chi connectivity index (χ3n) is 3.14. The summed E-state index contributed by atoms with van der Waals surface area (Å²) >= 11 is 0. The van der Waals surface area contributed by atoms with Crippen molar-refractivity contribution in [3.05, 3.63) is 0 Å². The van der Waals surface area contributed by atoms with Crippen LogP contribution in [0.1, 0.15) is 33.1 Å². The first kappa shape index (κ1) is 12.9. The van der Waals surface area contributed by atoms with Crippen LogP contribution in [-0.4, -0.2) is 38.2 Å². The lowest BCUT2D eigenvalue weighted by molar-refractivity contribution is 0.0946. The summed E-state index contributed by atoms with van der Waals surface area (Å²) in [7, 11) is -2.92. The van der Waals surface area contributed by atoms with Crippen LogP contribution in [0.3, 0.4) is 0 Å². The first-order chi connectivity index (χ1) is 6.90. The second-order valence-electron chi connectivity index (χ2n) is 4.40. The molecule has 0 amide bonds. The molecular formula is C10H21NO3S. The fourth-order valence-corrected chi connectivity index (χ4v) is 3.40. The van der Waals surface area contributed by atoms with Gasteiger partial charge >= 0.3 is 0 Å². The topological polar surface area (TPSA) is 69.4 Å². The van der Waals surface area contributed by atoms with Gasteiger partial charge in [-0.3, -0.25) is 0 Å². The van der Waals surface area contributed by atoms with Crippen molar-refractivity contribution in [1.82, 2.24) is 0 Å². The Labute approximate surface area is 92.1 Å². The van der Waals surface area contributed by atoms with E-state index in [0.717, 1.165) is 6.42 Å². The molecule has 2 N–H and O–H groups in total. The van der Waals surface area contributed by atoms with Gasteiger partial charge in [0.1, 0.15) is 9.84 Å². The lowest BCUT2D eigenvalue weighted by atomic mass is 9.91. The highest BCUT2D eigenvalue weighted by atomic mass is 32.2. The zero-order chi connectivity index (χ0) is 11.5. The van der Waals surface area contributed by atoms with Crippen LogP contribution in [-0.2, 0) is 14.6 Å². The fourth-order valence-electron chi connectivity index (χ4n) is 1.88. The number of rotatable bonds is 5. The molecule has 0 saturated carbocycles. The highest BCUT2D eigenvalue weighted by molar-refractivity contribution is 7.91. The van der Waals surface area contributed by atoms with E-state index in [1.807, 2.05) is 13.8 Å². The molecule has 0 spiro atoms. The lowest BCUT2D eigenvalue weighted by Crippen LogP contribution is -2.47. The number of sulfone groups is 1. The molecule has 15 heavy (non-hydrogen) atoms. The molecule has 5 heteroatoms. The van der Waals surface area contributed by atoms with Gasteiger partial charge in [0.2, 0.25) is 0 Å². The van der Waals surface area contributed by atoms with Crippen molar-refractivity contribution in [2.45, 2.75) is 44.8 Å². The summed E-state index contributed by atoms with van der Waals surface area (Å²) in [6.07, 6.45) is 1.91. The Hall–Kier alpha value is -0.130. The average Bonchev–Trinajstić information content (AvgIpc) is 2.45. The standard InChI is InChI=1S/C10H21NO3S/c1-3-7-15(12,13)8-5-10(11)4-6-14-9(10)2/h9H,3-8,11H2,1-2H3. The number of ether oxygens (including phenoxy) is 1. The minimum absolute atomic E-state index is 0.0330. The molecule has 1 rings (SSSR count). The van der Waals surface area contributed by atoms with Gasteiger partial charge in [-0.05, 0) is 26.2 Å². The van der Waals surface area contributed by atoms with Crippen LogP contribution >= 0.6 is 0 Å². The van der Waals surface area contributed by atoms with Crippen LogP contribution in [0, 0.1) is 0 Å². The minimum Gasteiger partial charge on any atom is -0.377 e. The zero-order valence-corrected chi connectivity index (χ0v) is 10.3. The van der Waals surface area contributed by atoms with Gasteiger partial charge in [0.05, 0.1) is 11.9 Å². The van der Waals surface area contributed by atoms with Crippen molar-refractivity contribution < 1.29 is 13.2 Å². The molecule has 90 valence electrons. The summed E-state index contributed by atoms with van der Waals surface area (Å²) in [4.78, 5) is 0. The first-order valence-electron chi connectivity index (χ1n) is 5.50. The third kappa shape index (κ3) is 3.43. The van der Waals surface area contributed by atoms with Crippen molar-refractivity contribution in [3.8, 4) is 0 Å². The van der Waals surface area contributed by atoms with Crippen molar-refractivity contribution in [2.24, 2.45) is 5.73 Å². The van der Waals surface area contributed by atoms with Crippen molar-refractivity contribution in [2.75, 3.05) is 18.1 Å². The van der Waals surface area contributed by atoms with Crippen LogP contribution in [0.2, 0.25) is 0 Å². The van der Waals surface area contributed by atoms with Gasteiger partial charge in [0.25, 0.3) is 0 Å². The van der Waals surface area contributed by atoms with E-state index in [9.17, 15) is 8.42 Å². The molecule has 1 aliphatic rings. The summed E-state index contributed by atoms with van der Waals surface area (Å²) in [5.41, 5.74) is 5.67. The fraction of sp³-hybridized carbons (Fsp3) is 1.00. The summed E-state index contributed by atoms with van der Waals surface area (Å²) < 4.78 is 28.5. The molecule has 1 heterocycles. The predicted octanol–water partition coefficient (Wildman–Crippen LogP) is 0.708. The summed E-state index contributed by atoms with van der Waals surface area (Å²) in [5, 5.41) is 0. The molecule has 0 radical (unpaired) electrons. The molecule has 0 aromatic rings. The zero-order valence-electron chi connectivity index (χ0n) is 9.53. The molecule has 0 aromatic carbocycles. The largest absolute Gasteiger partial charge is 0.377 e. The number of hydrogen-bond donors (Lipinski definition) is 1. The van der Waals surface area contributed by atoms with E-state index < -0.39 is 15.4 Å². The van der Waals surface area contributed by atoms with Crippen LogP contribution in [0.5, 0.6) is 0 Å². The van der Waals surface area contributed by atoms with Crippen LogP contribution < -0.4 is 5.73 Å². The quantitative estimate of drug-likeness (QED) is 0.762. The number of nitrogens with two attached hydrogens (primary N) is 1. The van der Waals surface area contributed by atoms with Crippen molar-refractivity contribution in [3.63, 3.8) is 0 Å². The van der Waals surface area contributed by atoms with Gasteiger partial charge in [0, 0.05) is 17.9 Å². The molecule has 0 bridgehead atoms. The minimum atomic E-state index is -2.92. The first-order valence-corrected chi connectivity index (χ1v) is 7.33. The van der Waals surface area contributed by atoms with E-state index in [0.29, 0.717) is 19.4 Å². The van der Waals surface area contributed by atoms with E-state index in [2.05, 4.69) is 0 Å². The van der Waals surface area contributed by atoms with Crippen molar-refractivity contribution in [1.29, 1.82) is 0 Å². The lowest BCUT2D eigenvalue weighted by Gasteiger charge is -2.27. The second kappa shape index (κ2) is 4.80. The smallest absolute Gasteiger partial charge is 0.150 e. The SMILES string of the molecule is CCCS(=O)(=O)CCC1(N)CCOC1C. The molecule has 0 aliphatic carbocycles. The Kier molecular flexibility index (Phi) is 4.14. The maximum Gasteiger partial charge on any atom is 0.150 e. The molecule has 4 nitrogen and oxygen atoms in total. The summed E-state index contributed by atoms with van der Waals surface area (Å²) in [6, 6.07) is 0. The normalized spacial score (nSPS) is 32.1. The Morgan fingerprint density at radius 1 is 1.47 bits per heavy atom. The predicted molar refractivity (Wildman–Crippen MR) is 60.5 cm³/mol. The van der Waals surface area contributed by atoms with Gasteiger partial charge in [-0.25, -0.2) is 8.42 Å². The Bertz CT molecular complexity index is 302. The van der Waals surface area contributed by atoms with Crippen LogP contribution in [0.4, 0.5) is 0 Å². The highest BCUT2D eigenvalue weighted by Gasteiger charge is 2.38. The maximum absolute atomic E-state index is 11.5. The highest BCUT2D eigenvalue weighted by Crippen LogP contribution is 2.26. The van der Waals surface area contributed by atoms with Crippen LogP contribution in [0.25, 0.3) is 0 Å². The molecule has 1 fully saturated rings. The second-order valence-corrected chi connectivity index (χ2v) is 6.70. The van der Waals surface area contributed by atoms with Gasteiger partial charge in [-0.1, -0.05) is 6.92 Å². The molecule has 1 aliphatic heterocycles. The Morgan fingerprint density at radius 3 is 2.60 bits per heavy atom. The maximum atomic E-state index is 11.5. The van der Waals surface area contributed by atoms with E-state index in [4.69, 9.17) is 10.5 Å². The van der Waals surface area contributed by atoms with E-state index >= 15 is 0 Å². The van der Waals surface area contributed by atoms with Gasteiger partial charge in [-0.2, -0.15) is 0 Å².